The molecule has 0 saturated heterocycles. The highest BCUT2D eigenvalue weighted by Gasteiger charge is 2.44. The minimum atomic E-state index is -0.172. The lowest BCUT2D eigenvalue weighted by molar-refractivity contribution is 1.18. The summed E-state index contributed by atoms with van der Waals surface area (Å²) in [5, 5.41) is 4.74. The predicted molar refractivity (Wildman–Crippen MR) is 349 cm³/mol. The van der Waals surface area contributed by atoms with Crippen molar-refractivity contribution in [1.29, 1.82) is 0 Å². The van der Waals surface area contributed by atoms with Gasteiger partial charge in [0.2, 0.25) is 0 Å². The summed E-state index contributed by atoms with van der Waals surface area (Å²) in [6, 6.07) is 113. The van der Waals surface area contributed by atoms with E-state index in [0.717, 1.165) is 107 Å². The van der Waals surface area contributed by atoms with E-state index in [0.29, 0.717) is 5.82 Å². The third-order valence-electron chi connectivity index (χ3n) is 16.7. The first-order chi connectivity index (χ1) is 41.1. The van der Waals surface area contributed by atoms with E-state index in [4.69, 9.17) is 9.97 Å². The molecule has 0 radical (unpaired) electrons. The Kier molecular flexibility index (Phi) is 11.6. The number of anilines is 6. The predicted octanol–water partition coefficient (Wildman–Crippen LogP) is 18.5. The standard InChI is InChI=1S/C78H51BN4/c1-7-23-52(24-8-1)62-39-63(53-25-9-2-10-26-53)42-67(41-62)82-73-47-60-37-21-19-35-58(60)45-69(73)79-70-46-59-36-20-22-38-61(59)48-74(70)83(68-43-64(54-27-11-3-12-28-54)40-65(44-68)55-29-13-4-14-30-55)76-50-66(49-75(82)77(76)79)78-80-71(56-31-15-5-16-32-56)51-72(81-78)57-33-17-6-18-34-57/h1-51H. The molecule has 2 aliphatic heterocycles. The summed E-state index contributed by atoms with van der Waals surface area (Å²) in [7, 11) is 0. The number of hydrogen-bond donors (Lipinski definition) is 0. The van der Waals surface area contributed by atoms with Crippen LogP contribution in [0, 0.1) is 0 Å². The van der Waals surface area contributed by atoms with E-state index in [2.05, 4.69) is 319 Å². The van der Waals surface area contributed by atoms with Crippen molar-refractivity contribution in [2.24, 2.45) is 0 Å². The molecule has 0 aliphatic carbocycles. The molecule has 4 nitrogen and oxygen atoms in total. The summed E-state index contributed by atoms with van der Waals surface area (Å²) >= 11 is 0. The molecule has 3 heterocycles. The van der Waals surface area contributed by atoms with Gasteiger partial charge in [-0.2, -0.15) is 0 Å². The maximum absolute atomic E-state index is 5.59. The Balaban J connectivity index is 1.06. The van der Waals surface area contributed by atoms with Crippen LogP contribution in [0.4, 0.5) is 34.1 Å². The lowest BCUT2D eigenvalue weighted by Crippen LogP contribution is -2.61. The molecule has 2 aliphatic rings. The fraction of sp³-hybridized carbons (Fsp3) is 0. The molecule has 83 heavy (non-hydrogen) atoms. The normalized spacial score (nSPS) is 12.3. The maximum atomic E-state index is 5.59. The molecule has 13 aromatic carbocycles. The van der Waals surface area contributed by atoms with Crippen molar-refractivity contribution in [3.8, 4) is 78.4 Å². The molecule has 0 N–H and O–H groups in total. The fourth-order valence-corrected chi connectivity index (χ4v) is 12.8. The summed E-state index contributed by atoms with van der Waals surface area (Å²) in [6.07, 6.45) is 0. The Morgan fingerprint density at radius 3 is 0.867 bits per heavy atom. The average molecular weight is 1060 g/mol. The van der Waals surface area contributed by atoms with E-state index in [-0.39, 0.29) is 6.71 Å². The number of fused-ring (bicyclic) bond motifs is 6. The van der Waals surface area contributed by atoms with Crippen LogP contribution < -0.4 is 26.2 Å². The highest BCUT2D eigenvalue weighted by molar-refractivity contribution is 7.00. The highest BCUT2D eigenvalue weighted by atomic mass is 15.2. The summed E-state index contributed by atoms with van der Waals surface area (Å²) < 4.78 is 0. The Bertz CT molecular complexity index is 4370. The Morgan fingerprint density at radius 1 is 0.229 bits per heavy atom. The Hall–Kier alpha value is -10.9. The number of benzene rings is 13. The van der Waals surface area contributed by atoms with Crippen LogP contribution in [-0.2, 0) is 0 Å². The van der Waals surface area contributed by atoms with Gasteiger partial charge >= 0.3 is 0 Å². The molecule has 386 valence electrons. The van der Waals surface area contributed by atoms with Gasteiger partial charge in [-0.1, -0.05) is 243 Å². The molecule has 0 unspecified atom stereocenters. The fourth-order valence-electron chi connectivity index (χ4n) is 12.8. The zero-order valence-corrected chi connectivity index (χ0v) is 45.3. The molecule has 0 saturated carbocycles. The number of aromatic nitrogens is 2. The van der Waals surface area contributed by atoms with Gasteiger partial charge < -0.3 is 9.80 Å². The molecular formula is C78H51BN4. The van der Waals surface area contributed by atoms with E-state index in [1.807, 2.05) is 0 Å². The minimum Gasteiger partial charge on any atom is -0.311 e. The van der Waals surface area contributed by atoms with E-state index in [1.54, 1.807) is 0 Å². The molecule has 1 aromatic heterocycles. The van der Waals surface area contributed by atoms with Crippen molar-refractivity contribution in [1.82, 2.24) is 9.97 Å². The molecule has 0 spiro atoms. The van der Waals surface area contributed by atoms with Crippen LogP contribution >= 0.6 is 0 Å². The number of nitrogens with zero attached hydrogens (tertiary/aromatic N) is 4. The third-order valence-corrected chi connectivity index (χ3v) is 16.7. The van der Waals surface area contributed by atoms with Crippen molar-refractivity contribution in [2.45, 2.75) is 0 Å². The van der Waals surface area contributed by atoms with Crippen molar-refractivity contribution >= 4 is 78.8 Å². The van der Waals surface area contributed by atoms with Crippen LogP contribution in [0.2, 0.25) is 0 Å². The van der Waals surface area contributed by atoms with Gasteiger partial charge in [-0.3, -0.25) is 0 Å². The molecule has 0 amide bonds. The molecule has 0 bridgehead atoms. The number of rotatable bonds is 9. The average Bonchev–Trinajstić information content (AvgIpc) is 0.974. The maximum Gasteiger partial charge on any atom is 0.252 e. The van der Waals surface area contributed by atoms with Crippen molar-refractivity contribution in [3.05, 3.63) is 309 Å². The van der Waals surface area contributed by atoms with Crippen LogP contribution in [-0.4, -0.2) is 16.7 Å². The monoisotopic (exact) mass is 1050 g/mol. The van der Waals surface area contributed by atoms with Crippen LogP contribution in [0.1, 0.15) is 0 Å². The second kappa shape index (κ2) is 20.0. The van der Waals surface area contributed by atoms with E-state index >= 15 is 0 Å². The number of hydrogen-bond acceptors (Lipinski definition) is 4. The quantitative estimate of drug-likeness (QED) is 0.135. The van der Waals surface area contributed by atoms with Gasteiger partial charge in [0.15, 0.2) is 5.82 Å². The van der Waals surface area contributed by atoms with Gasteiger partial charge in [-0.15, -0.1) is 0 Å². The Labute approximate surface area is 483 Å². The first-order valence-corrected chi connectivity index (χ1v) is 28.5. The largest absolute Gasteiger partial charge is 0.311 e. The SMILES string of the molecule is c1ccc(-c2cc(-c3ccccc3)cc(N3c4cc5ccccc5cc4B4c5cc6ccccc6cc5N(c5cc(-c6ccccc6)cc(-c6ccccc6)c5)c5cc(-c6nc(-c7ccccc7)cc(-c7ccccc7)n6)cc3c54)c2)cc1. The third kappa shape index (κ3) is 8.57. The highest BCUT2D eigenvalue weighted by Crippen LogP contribution is 2.49. The lowest BCUT2D eigenvalue weighted by atomic mass is 9.33. The topological polar surface area (TPSA) is 32.3 Å². The van der Waals surface area contributed by atoms with Crippen molar-refractivity contribution < 1.29 is 0 Å². The Morgan fingerprint density at radius 2 is 0.530 bits per heavy atom. The zero-order valence-electron chi connectivity index (χ0n) is 45.3. The molecule has 5 heteroatoms. The van der Waals surface area contributed by atoms with E-state index in [1.165, 1.54) is 37.9 Å². The van der Waals surface area contributed by atoms with Crippen LogP contribution in [0.25, 0.3) is 100.0 Å². The van der Waals surface area contributed by atoms with Crippen LogP contribution in [0.3, 0.4) is 0 Å². The van der Waals surface area contributed by atoms with Crippen LogP contribution in [0.5, 0.6) is 0 Å². The molecule has 14 aromatic rings. The lowest BCUT2D eigenvalue weighted by Gasteiger charge is -2.45. The first kappa shape index (κ1) is 48.1. The first-order valence-electron chi connectivity index (χ1n) is 28.5. The van der Waals surface area contributed by atoms with Gasteiger partial charge in [-0.05, 0) is 149 Å². The smallest absolute Gasteiger partial charge is 0.252 e. The van der Waals surface area contributed by atoms with E-state index in [9.17, 15) is 0 Å². The summed E-state index contributed by atoms with van der Waals surface area (Å²) in [6.45, 7) is -0.172. The molecule has 0 fully saturated rings. The van der Waals surface area contributed by atoms with Gasteiger partial charge in [0.1, 0.15) is 0 Å². The van der Waals surface area contributed by atoms with Crippen molar-refractivity contribution in [3.63, 3.8) is 0 Å². The van der Waals surface area contributed by atoms with Gasteiger partial charge in [0, 0.05) is 50.8 Å². The van der Waals surface area contributed by atoms with Gasteiger partial charge in [0.25, 0.3) is 6.71 Å². The van der Waals surface area contributed by atoms with E-state index < -0.39 is 0 Å². The van der Waals surface area contributed by atoms with Gasteiger partial charge in [0.05, 0.1) is 11.4 Å². The summed E-state index contributed by atoms with van der Waals surface area (Å²) in [4.78, 5) is 16.3. The molecular weight excluding hydrogens is 1000 g/mol. The molecule has 0 atom stereocenters. The van der Waals surface area contributed by atoms with Crippen molar-refractivity contribution in [2.75, 3.05) is 9.80 Å². The minimum absolute atomic E-state index is 0.172. The van der Waals surface area contributed by atoms with Crippen LogP contribution in [0.15, 0.2) is 309 Å². The zero-order chi connectivity index (χ0) is 54.8. The second-order valence-corrected chi connectivity index (χ2v) is 21.7. The molecule has 16 rings (SSSR count). The summed E-state index contributed by atoms with van der Waals surface area (Å²) in [5.74, 6) is 0.639. The summed E-state index contributed by atoms with van der Waals surface area (Å²) in [5.41, 5.74) is 24.0. The second-order valence-electron chi connectivity index (χ2n) is 21.7. The van der Waals surface area contributed by atoms with Gasteiger partial charge in [-0.25, -0.2) is 9.97 Å².